The van der Waals surface area contributed by atoms with Crippen molar-refractivity contribution in [1.29, 1.82) is 0 Å². The van der Waals surface area contributed by atoms with E-state index in [4.69, 9.17) is 17.3 Å². The molecule has 7 nitrogen and oxygen atoms in total. The van der Waals surface area contributed by atoms with E-state index < -0.39 is 6.29 Å². The molecule has 0 radical (unpaired) electrons. The highest BCUT2D eigenvalue weighted by Crippen LogP contribution is 2.43. The van der Waals surface area contributed by atoms with Gasteiger partial charge in [0.05, 0.1) is 6.54 Å². The molecule has 5 rings (SSSR count). The maximum Gasteiger partial charge on any atom is 0.586 e. The number of benzene rings is 2. The van der Waals surface area contributed by atoms with Gasteiger partial charge in [-0.3, -0.25) is 0 Å². The first-order valence-corrected chi connectivity index (χ1v) is 10.4. The number of hydrogen-bond donors (Lipinski definition) is 2. The number of aromatic nitrogens is 4. The second-order valence-corrected chi connectivity index (χ2v) is 8.25. The first-order valence-electron chi connectivity index (χ1n) is 9.23. The number of anilines is 1. The smallest absolute Gasteiger partial charge is 0.395 e. The Balaban J connectivity index is 1.41. The fourth-order valence-electron chi connectivity index (χ4n) is 3.24. The van der Waals surface area contributed by atoms with Crippen LogP contribution >= 0.6 is 23.4 Å². The number of nitrogen functional groups attached to an aromatic ring is 1. The minimum absolute atomic E-state index is 0.00943. The van der Waals surface area contributed by atoms with Crippen molar-refractivity contribution in [1.82, 2.24) is 15.0 Å². The second-order valence-electron chi connectivity index (χ2n) is 6.78. The number of aromatic amines is 1. The lowest BCUT2D eigenvalue weighted by atomic mass is 10.1. The predicted molar refractivity (Wildman–Crippen MR) is 110 cm³/mol. The molecule has 0 saturated heterocycles. The molecule has 0 atom stereocenters. The number of nitrogens with zero attached hydrogens (tertiary/aromatic N) is 3. The number of alkyl halides is 2. The van der Waals surface area contributed by atoms with Crippen LogP contribution in [0.15, 0.2) is 58.8 Å². The summed E-state index contributed by atoms with van der Waals surface area (Å²) in [5, 5.41) is 1.24. The number of ether oxygens (including phenoxy) is 2. The van der Waals surface area contributed by atoms with Gasteiger partial charge in [-0.25, -0.2) is 4.57 Å². The van der Waals surface area contributed by atoms with Gasteiger partial charge in [0, 0.05) is 16.3 Å². The standard InChI is InChI=1S/C20H14ClF2N5O2S/c21-13-4-2-1-3-11(13)7-8-28-10-25-17(24)16-18(28)27-19(26-16)31-12-5-6-14-15(9-12)30-20(22,23)29-14/h1-6,9-10H,7-8H2,(H2,24,26,27)/p+1. The first-order chi connectivity index (χ1) is 14.9. The van der Waals surface area contributed by atoms with Gasteiger partial charge < -0.3 is 20.2 Å². The summed E-state index contributed by atoms with van der Waals surface area (Å²) in [5.74, 6) is 0.278. The lowest BCUT2D eigenvalue weighted by Gasteiger charge is -2.04. The van der Waals surface area contributed by atoms with Crippen LogP contribution in [0.1, 0.15) is 5.56 Å². The topological polar surface area (TPSA) is 89.9 Å². The second kappa shape index (κ2) is 7.54. The Hall–Kier alpha value is -3.11. The summed E-state index contributed by atoms with van der Waals surface area (Å²) in [6.45, 7) is 0.599. The average molecular weight is 463 g/mol. The van der Waals surface area contributed by atoms with Gasteiger partial charge in [0.25, 0.3) is 5.65 Å². The molecule has 1 aliphatic rings. The molecule has 4 aromatic rings. The maximum absolute atomic E-state index is 13.2. The third kappa shape index (κ3) is 3.96. The molecule has 0 aliphatic carbocycles. The minimum Gasteiger partial charge on any atom is -0.395 e. The summed E-state index contributed by atoms with van der Waals surface area (Å²) in [6, 6.07) is 12.2. The van der Waals surface area contributed by atoms with Crippen molar-refractivity contribution in [3.8, 4) is 11.5 Å². The van der Waals surface area contributed by atoms with Gasteiger partial charge in [-0.05, 0) is 41.6 Å². The van der Waals surface area contributed by atoms with Crippen LogP contribution in [-0.4, -0.2) is 21.2 Å². The molecule has 0 amide bonds. The number of nitrogens with two attached hydrogens (primary N) is 1. The highest BCUT2D eigenvalue weighted by Gasteiger charge is 2.43. The fourth-order valence-corrected chi connectivity index (χ4v) is 4.28. The Bertz CT molecular complexity index is 1300. The quantitative estimate of drug-likeness (QED) is 0.432. The molecular formula is C20H15ClF2N5O2S+. The number of nitrogens with one attached hydrogen (secondary N) is 1. The van der Waals surface area contributed by atoms with Crippen molar-refractivity contribution >= 4 is 40.3 Å². The maximum atomic E-state index is 13.2. The Morgan fingerprint density at radius 2 is 1.97 bits per heavy atom. The Labute approximate surface area is 184 Å². The zero-order chi connectivity index (χ0) is 21.6. The van der Waals surface area contributed by atoms with E-state index in [0.717, 1.165) is 5.56 Å². The number of fused-ring (bicyclic) bond motifs is 2. The lowest BCUT2D eigenvalue weighted by Crippen LogP contribution is -2.36. The van der Waals surface area contributed by atoms with Gasteiger partial charge in [0.1, 0.15) is 0 Å². The molecule has 0 fully saturated rings. The average Bonchev–Trinajstić information content (AvgIpc) is 3.28. The lowest BCUT2D eigenvalue weighted by molar-refractivity contribution is -0.675. The Kier molecular flexibility index (Phi) is 4.82. The normalized spacial score (nSPS) is 14.3. The van der Waals surface area contributed by atoms with Gasteiger partial charge in [0.2, 0.25) is 17.3 Å². The van der Waals surface area contributed by atoms with E-state index in [1.165, 1.54) is 23.9 Å². The fraction of sp³-hybridized carbons (Fsp3) is 0.150. The summed E-state index contributed by atoms with van der Waals surface area (Å²) in [5.41, 5.74) is 8.27. The number of hydrogen-bond acceptors (Lipinski definition) is 6. The van der Waals surface area contributed by atoms with Crippen LogP contribution in [0.4, 0.5) is 14.6 Å². The number of rotatable bonds is 5. The zero-order valence-electron chi connectivity index (χ0n) is 15.8. The molecule has 3 heterocycles. The number of H-pyrrole nitrogens is 1. The van der Waals surface area contributed by atoms with Crippen LogP contribution in [0.2, 0.25) is 5.02 Å². The Morgan fingerprint density at radius 1 is 1.16 bits per heavy atom. The summed E-state index contributed by atoms with van der Waals surface area (Å²) in [7, 11) is 0. The van der Waals surface area contributed by atoms with E-state index in [2.05, 4.69) is 24.4 Å². The van der Waals surface area contributed by atoms with Crippen molar-refractivity contribution < 1.29 is 22.8 Å². The van der Waals surface area contributed by atoms with E-state index >= 15 is 0 Å². The van der Waals surface area contributed by atoms with Crippen molar-refractivity contribution in [3.63, 3.8) is 0 Å². The van der Waals surface area contributed by atoms with Crippen LogP contribution in [0.3, 0.4) is 0 Å². The van der Waals surface area contributed by atoms with E-state index in [1.807, 2.05) is 28.8 Å². The Morgan fingerprint density at radius 3 is 2.81 bits per heavy atom. The molecule has 1 aliphatic heterocycles. The van der Waals surface area contributed by atoms with Crippen molar-refractivity contribution in [2.24, 2.45) is 0 Å². The van der Waals surface area contributed by atoms with Crippen LogP contribution < -0.4 is 19.8 Å². The molecule has 2 aromatic carbocycles. The molecule has 0 spiro atoms. The van der Waals surface area contributed by atoms with E-state index in [9.17, 15) is 8.78 Å². The molecular weight excluding hydrogens is 448 g/mol. The van der Waals surface area contributed by atoms with Crippen LogP contribution in [0, 0.1) is 0 Å². The zero-order valence-corrected chi connectivity index (χ0v) is 17.4. The molecule has 3 N–H and O–H groups in total. The molecule has 31 heavy (non-hydrogen) atoms. The molecule has 0 unspecified atom stereocenters. The van der Waals surface area contributed by atoms with Crippen molar-refractivity contribution in [2.45, 2.75) is 29.3 Å². The summed E-state index contributed by atoms with van der Waals surface area (Å²) in [6.07, 6.45) is -1.33. The number of halogens is 3. The van der Waals surface area contributed by atoms with Gasteiger partial charge >= 0.3 is 6.29 Å². The minimum atomic E-state index is -3.65. The first kappa shape index (κ1) is 19.8. The largest absolute Gasteiger partial charge is 0.586 e. The van der Waals surface area contributed by atoms with Gasteiger partial charge in [-0.2, -0.15) is 0 Å². The van der Waals surface area contributed by atoms with E-state index in [-0.39, 0.29) is 11.5 Å². The third-order valence-electron chi connectivity index (χ3n) is 4.69. The molecule has 11 heteroatoms. The number of aryl methyl sites for hydroxylation is 2. The van der Waals surface area contributed by atoms with Gasteiger partial charge in [0.15, 0.2) is 17.0 Å². The van der Waals surface area contributed by atoms with Gasteiger partial charge in [-0.15, -0.1) is 8.78 Å². The molecule has 158 valence electrons. The monoisotopic (exact) mass is 462 g/mol. The van der Waals surface area contributed by atoms with Crippen LogP contribution in [0.25, 0.3) is 11.2 Å². The number of imidazole rings is 1. The highest BCUT2D eigenvalue weighted by atomic mass is 35.5. The highest BCUT2D eigenvalue weighted by molar-refractivity contribution is 7.99. The summed E-state index contributed by atoms with van der Waals surface area (Å²) < 4.78 is 37.3. The summed E-state index contributed by atoms with van der Waals surface area (Å²) in [4.78, 5) is 12.6. The van der Waals surface area contributed by atoms with Crippen LogP contribution in [0.5, 0.6) is 11.5 Å². The van der Waals surface area contributed by atoms with Gasteiger partial charge in [-0.1, -0.05) is 39.8 Å². The molecule has 0 bridgehead atoms. The van der Waals surface area contributed by atoms with Crippen LogP contribution in [-0.2, 0) is 13.0 Å². The molecule has 0 saturated carbocycles. The van der Waals surface area contributed by atoms with Crippen molar-refractivity contribution in [3.05, 3.63) is 59.4 Å². The summed E-state index contributed by atoms with van der Waals surface area (Å²) >= 11 is 7.50. The predicted octanol–water partition coefficient (Wildman–Crippen LogP) is 4.20. The van der Waals surface area contributed by atoms with E-state index in [1.54, 1.807) is 12.4 Å². The third-order valence-corrected chi connectivity index (χ3v) is 5.94. The van der Waals surface area contributed by atoms with Crippen molar-refractivity contribution in [2.75, 3.05) is 5.73 Å². The molecule has 2 aromatic heterocycles. The SMILES string of the molecule is Nc1nc[n+](CCc2ccccc2Cl)c2nc(Sc3ccc4c(c3)OC(F)(F)O4)[nH]c12. The van der Waals surface area contributed by atoms with E-state index in [0.29, 0.717) is 45.0 Å².